The Hall–Kier alpha value is -2.54. The first kappa shape index (κ1) is 14.4. The van der Waals surface area contributed by atoms with E-state index < -0.39 is 12.1 Å². The average molecular weight is 294 g/mol. The van der Waals surface area contributed by atoms with Gasteiger partial charge >= 0.3 is 5.97 Å². The van der Waals surface area contributed by atoms with Gasteiger partial charge < -0.3 is 9.64 Å². The third-order valence-corrected chi connectivity index (χ3v) is 4.23. The normalized spacial score (nSPS) is 21.0. The SMILES string of the molecule is C=C(c1ccc(C)cc1)C1OC(=O)C(C#N)=C1N1CCCC1. The summed E-state index contributed by atoms with van der Waals surface area (Å²) < 4.78 is 5.46. The van der Waals surface area contributed by atoms with Crippen LogP contribution in [0, 0.1) is 18.3 Å². The Labute approximate surface area is 130 Å². The van der Waals surface area contributed by atoms with Gasteiger partial charge in [-0.2, -0.15) is 5.26 Å². The van der Waals surface area contributed by atoms with Crippen molar-refractivity contribution in [1.29, 1.82) is 5.26 Å². The molecule has 1 saturated heterocycles. The van der Waals surface area contributed by atoms with E-state index in [2.05, 4.69) is 11.5 Å². The Kier molecular flexibility index (Phi) is 3.72. The Balaban J connectivity index is 1.97. The van der Waals surface area contributed by atoms with Crippen molar-refractivity contribution in [2.24, 2.45) is 0 Å². The van der Waals surface area contributed by atoms with Gasteiger partial charge in [0.25, 0.3) is 0 Å². The van der Waals surface area contributed by atoms with Crippen molar-refractivity contribution in [3.63, 3.8) is 0 Å². The van der Waals surface area contributed by atoms with E-state index in [9.17, 15) is 10.1 Å². The van der Waals surface area contributed by atoms with Crippen molar-refractivity contribution < 1.29 is 9.53 Å². The van der Waals surface area contributed by atoms with Gasteiger partial charge in [-0.15, -0.1) is 0 Å². The second-order valence-corrected chi connectivity index (χ2v) is 5.74. The number of rotatable bonds is 3. The molecule has 1 aromatic carbocycles. The molecule has 2 aliphatic heterocycles. The molecule has 0 N–H and O–H groups in total. The molecule has 0 spiro atoms. The molecule has 0 saturated carbocycles. The maximum atomic E-state index is 12.0. The van der Waals surface area contributed by atoms with Gasteiger partial charge in [-0.3, -0.25) is 0 Å². The van der Waals surface area contributed by atoms with Gasteiger partial charge in [-0.05, 0) is 30.9 Å². The number of hydrogen-bond acceptors (Lipinski definition) is 4. The van der Waals surface area contributed by atoms with Crippen molar-refractivity contribution >= 4 is 11.5 Å². The maximum absolute atomic E-state index is 12.0. The highest BCUT2D eigenvalue weighted by Gasteiger charge is 2.40. The highest BCUT2D eigenvalue weighted by Crippen LogP contribution is 2.35. The quantitative estimate of drug-likeness (QED) is 0.804. The molecule has 2 heterocycles. The molecule has 112 valence electrons. The summed E-state index contributed by atoms with van der Waals surface area (Å²) in [7, 11) is 0. The lowest BCUT2D eigenvalue weighted by atomic mass is 9.98. The molecular weight excluding hydrogens is 276 g/mol. The highest BCUT2D eigenvalue weighted by molar-refractivity contribution is 5.98. The minimum atomic E-state index is -0.553. The molecule has 1 unspecified atom stereocenters. The topological polar surface area (TPSA) is 53.3 Å². The molecule has 1 aromatic rings. The summed E-state index contributed by atoms with van der Waals surface area (Å²) in [6.45, 7) is 7.85. The predicted octanol–water partition coefficient (Wildman–Crippen LogP) is 2.81. The zero-order valence-electron chi connectivity index (χ0n) is 12.6. The number of nitriles is 1. The fourth-order valence-electron chi connectivity index (χ4n) is 3.00. The highest BCUT2D eigenvalue weighted by atomic mass is 16.5. The smallest absolute Gasteiger partial charge is 0.351 e. The summed E-state index contributed by atoms with van der Waals surface area (Å²) in [4.78, 5) is 14.1. The van der Waals surface area contributed by atoms with Crippen LogP contribution in [0.3, 0.4) is 0 Å². The van der Waals surface area contributed by atoms with Gasteiger partial charge in [0.05, 0.1) is 5.70 Å². The molecule has 1 atom stereocenters. The molecule has 3 rings (SSSR count). The van der Waals surface area contributed by atoms with E-state index in [1.807, 2.05) is 37.3 Å². The van der Waals surface area contributed by atoms with Crippen LogP contribution in [-0.4, -0.2) is 30.1 Å². The van der Waals surface area contributed by atoms with Crippen molar-refractivity contribution in [2.75, 3.05) is 13.1 Å². The van der Waals surface area contributed by atoms with Crippen LogP contribution in [-0.2, 0) is 9.53 Å². The van der Waals surface area contributed by atoms with Gasteiger partial charge in [0.2, 0.25) is 0 Å². The zero-order valence-corrected chi connectivity index (χ0v) is 12.6. The van der Waals surface area contributed by atoms with Crippen LogP contribution >= 0.6 is 0 Å². The second-order valence-electron chi connectivity index (χ2n) is 5.74. The van der Waals surface area contributed by atoms with Crippen LogP contribution in [0.1, 0.15) is 24.0 Å². The number of likely N-dealkylation sites (tertiary alicyclic amines) is 1. The van der Waals surface area contributed by atoms with Gasteiger partial charge in [0, 0.05) is 13.1 Å². The molecule has 0 amide bonds. The number of nitrogens with zero attached hydrogens (tertiary/aromatic N) is 2. The molecule has 1 fully saturated rings. The number of carbonyl (C=O) groups is 1. The fraction of sp³-hybridized carbons (Fsp3) is 0.333. The minimum Gasteiger partial charge on any atom is -0.447 e. The Morgan fingerprint density at radius 1 is 1.32 bits per heavy atom. The summed E-state index contributed by atoms with van der Waals surface area (Å²) in [6.07, 6.45) is 1.59. The van der Waals surface area contributed by atoms with Crippen LogP contribution in [0.4, 0.5) is 0 Å². The number of ether oxygens (including phenoxy) is 1. The molecular formula is C18H18N2O2. The van der Waals surface area contributed by atoms with E-state index in [0.717, 1.165) is 42.6 Å². The van der Waals surface area contributed by atoms with E-state index in [1.165, 1.54) is 0 Å². The summed E-state index contributed by atoms with van der Waals surface area (Å²) in [5.74, 6) is -0.539. The lowest BCUT2D eigenvalue weighted by Gasteiger charge is -2.25. The van der Waals surface area contributed by atoms with E-state index in [1.54, 1.807) is 0 Å². The number of aryl methyl sites for hydroxylation is 1. The summed E-state index contributed by atoms with van der Waals surface area (Å²) in [5, 5.41) is 9.31. The van der Waals surface area contributed by atoms with Crippen LogP contribution in [0.25, 0.3) is 5.57 Å². The number of carbonyl (C=O) groups excluding carboxylic acids is 1. The summed E-state index contributed by atoms with van der Waals surface area (Å²) >= 11 is 0. The lowest BCUT2D eigenvalue weighted by molar-refractivity contribution is -0.137. The Morgan fingerprint density at radius 3 is 2.55 bits per heavy atom. The van der Waals surface area contributed by atoms with Crippen LogP contribution in [0.15, 0.2) is 42.1 Å². The van der Waals surface area contributed by atoms with E-state index >= 15 is 0 Å². The third-order valence-electron chi connectivity index (χ3n) is 4.23. The first-order valence-electron chi connectivity index (χ1n) is 7.48. The molecule has 0 radical (unpaired) electrons. The number of benzene rings is 1. The van der Waals surface area contributed by atoms with Crippen molar-refractivity contribution in [2.45, 2.75) is 25.9 Å². The zero-order chi connectivity index (χ0) is 15.7. The average Bonchev–Trinajstić information content (AvgIpc) is 3.14. The molecule has 4 heteroatoms. The van der Waals surface area contributed by atoms with Gasteiger partial charge in [0.1, 0.15) is 6.07 Å². The molecule has 0 aromatic heterocycles. The second kappa shape index (κ2) is 5.69. The van der Waals surface area contributed by atoms with Gasteiger partial charge in [-0.25, -0.2) is 4.79 Å². The van der Waals surface area contributed by atoms with Crippen molar-refractivity contribution in [1.82, 2.24) is 4.90 Å². The summed E-state index contributed by atoms with van der Waals surface area (Å²) in [6, 6.07) is 9.95. The number of esters is 1. The molecule has 0 aliphatic carbocycles. The van der Waals surface area contributed by atoms with Gasteiger partial charge in [0.15, 0.2) is 11.7 Å². The minimum absolute atomic E-state index is 0.125. The molecule has 0 bridgehead atoms. The maximum Gasteiger partial charge on any atom is 0.351 e. The monoisotopic (exact) mass is 294 g/mol. The molecule has 4 nitrogen and oxygen atoms in total. The van der Waals surface area contributed by atoms with E-state index in [0.29, 0.717) is 5.70 Å². The Morgan fingerprint density at radius 2 is 1.95 bits per heavy atom. The van der Waals surface area contributed by atoms with E-state index in [4.69, 9.17) is 4.74 Å². The largest absolute Gasteiger partial charge is 0.447 e. The predicted molar refractivity (Wildman–Crippen MR) is 83.5 cm³/mol. The van der Waals surface area contributed by atoms with Gasteiger partial charge in [-0.1, -0.05) is 36.4 Å². The van der Waals surface area contributed by atoms with Crippen LogP contribution in [0.5, 0.6) is 0 Å². The molecule has 2 aliphatic rings. The first-order valence-corrected chi connectivity index (χ1v) is 7.48. The third kappa shape index (κ3) is 2.39. The van der Waals surface area contributed by atoms with E-state index in [-0.39, 0.29) is 5.57 Å². The number of cyclic esters (lactones) is 1. The Bertz CT molecular complexity index is 689. The van der Waals surface area contributed by atoms with Crippen LogP contribution < -0.4 is 0 Å². The standard InChI is InChI=1S/C18H18N2O2/c1-12-5-7-14(8-6-12)13(2)17-16(20-9-3-4-10-20)15(11-19)18(21)22-17/h5-8,17H,2-4,9-10H2,1H3. The summed E-state index contributed by atoms with van der Waals surface area (Å²) in [5.41, 5.74) is 3.63. The van der Waals surface area contributed by atoms with Crippen molar-refractivity contribution in [3.05, 3.63) is 53.2 Å². The van der Waals surface area contributed by atoms with Crippen molar-refractivity contribution in [3.8, 4) is 6.07 Å². The first-order chi connectivity index (χ1) is 10.6. The number of hydrogen-bond donors (Lipinski definition) is 0. The molecule has 22 heavy (non-hydrogen) atoms. The fourth-order valence-corrected chi connectivity index (χ4v) is 3.00. The lowest BCUT2D eigenvalue weighted by Crippen LogP contribution is -2.27. The van der Waals surface area contributed by atoms with Crippen LogP contribution in [0.2, 0.25) is 0 Å².